The molecule has 16 N–H and O–H groups in total. The number of unbranched alkanes of at least 4 members (excludes halogenated alkanes) is 4. The van der Waals surface area contributed by atoms with Gasteiger partial charge in [-0.25, -0.2) is 14.4 Å². The lowest BCUT2D eigenvalue weighted by atomic mass is 10.0. The minimum absolute atomic E-state index is 0. The van der Waals surface area contributed by atoms with E-state index in [2.05, 4.69) is 57.9 Å². The number of carbonyl (C=O) groups excluding carboxylic acids is 16. The molecule has 0 radical (unpaired) electrons. The van der Waals surface area contributed by atoms with Crippen molar-refractivity contribution in [1.29, 1.82) is 0 Å². The summed E-state index contributed by atoms with van der Waals surface area (Å²) in [7, 11) is 0. The highest BCUT2D eigenvalue weighted by Crippen LogP contribution is 2.21. The van der Waals surface area contributed by atoms with Gasteiger partial charge in [-0.05, 0) is 120 Å². The molecule has 580 valence electrons. The van der Waals surface area contributed by atoms with E-state index in [0.29, 0.717) is 115 Å². The molecule has 2 heterocycles. The second-order valence-corrected chi connectivity index (χ2v) is 25.7. The van der Waals surface area contributed by atoms with Crippen LogP contribution in [0.25, 0.3) is 0 Å². The van der Waals surface area contributed by atoms with E-state index in [4.69, 9.17) is 18.6 Å². The molecule has 0 bridgehead atoms. The van der Waals surface area contributed by atoms with E-state index in [1.807, 2.05) is 20.8 Å². The highest BCUT2D eigenvalue weighted by Gasteiger charge is 2.37. The molecule has 102 heavy (non-hydrogen) atoms. The second-order valence-electron chi connectivity index (χ2n) is 25.7. The molecule has 0 spiro atoms. The number of ether oxygens (including phenoxy) is 1. The summed E-state index contributed by atoms with van der Waals surface area (Å²) in [5, 5.41) is 26.8. The number of likely N-dealkylation sites (tertiary alicyclic amines) is 2. The Bertz CT molecular complexity index is 2920. The number of amides is 16. The molecule has 1 aromatic carbocycles. The Morgan fingerprint density at radius 2 is 0.873 bits per heavy atom. The number of anilines is 1. The second kappa shape index (κ2) is 52.8. The van der Waals surface area contributed by atoms with Gasteiger partial charge in [0.25, 0.3) is 6.45 Å². The van der Waals surface area contributed by atoms with E-state index in [1.54, 1.807) is 65.8 Å². The summed E-state index contributed by atoms with van der Waals surface area (Å²) in [6.07, 6.45) is 5.57. The lowest BCUT2D eigenvalue weighted by Gasteiger charge is -2.25. The maximum Gasteiger partial charge on any atom is 0.312 e. The molecule has 16 amide bonds. The van der Waals surface area contributed by atoms with Crippen LogP contribution in [0.4, 0.5) is 20.1 Å². The zero-order chi connectivity index (χ0) is 75.8. The van der Waals surface area contributed by atoms with Crippen LogP contribution in [0.5, 0.6) is 0 Å². The van der Waals surface area contributed by atoms with Crippen molar-refractivity contribution in [2.45, 2.75) is 244 Å². The van der Waals surface area contributed by atoms with Gasteiger partial charge in [-0.1, -0.05) is 110 Å². The zero-order valence-electron chi connectivity index (χ0n) is 60.5. The first kappa shape index (κ1) is 95.0. The Hall–Kier alpha value is -9.10. The third kappa shape index (κ3) is 39.2. The van der Waals surface area contributed by atoms with Crippen molar-refractivity contribution >= 4 is 101 Å². The van der Waals surface area contributed by atoms with Gasteiger partial charge in [0.15, 0.2) is 12.9 Å². The van der Waals surface area contributed by atoms with E-state index in [1.165, 1.54) is 23.6 Å². The van der Waals surface area contributed by atoms with Crippen molar-refractivity contribution in [1.82, 2.24) is 57.7 Å². The van der Waals surface area contributed by atoms with Crippen LogP contribution in [0, 0.1) is 29.6 Å². The average molecular weight is 1450 g/mol. The number of hydrogen-bond donors (Lipinski definition) is 13. The number of imide groups is 2. The molecule has 2 aliphatic rings. The fraction of sp³-hybridized carbons (Fsp3) is 0.686. The van der Waals surface area contributed by atoms with Crippen LogP contribution >= 0.6 is 0 Å². The van der Waals surface area contributed by atoms with Gasteiger partial charge in [0.2, 0.25) is 59.1 Å². The summed E-state index contributed by atoms with van der Waals surface area (Å²) in [4.78, 5) is 193. The Labute approximate surface area is 604 Å². The number of likely N-dealkylation sites (N-methyl/N-ethyl adjacent to an activating group) is 1. The van der Waals surface area contributed by atoms with Crippen LogP contribution in [-0.2, 0) is 73.7 Å². The number of Topliss-reactive ketones (excluding diaryl/α,β-unsaturated/α-hetero) is 2. The molecule has 8 atom stereocenters. The van der Waals surface area contributed by atoms with E-state index in [9.17, 15) is 76.7 Å². The lowest BCUT2D eigenvalue weighted by Crippen LogP contribution is -2.54. The van der Waals surface area contributed by atoms with Gasteiger partial charge in [0.05, 0.1) is 18.1 Å². The van der Waals surface area contributed by atoms with Crippen LogP contribution in [0.1, 0.15) is 208 Å². The van der Waals surface area contributed by atoms with E-state index in [-0.39, 0.29) is 156 Å². The van der Waals surface area contributed by atoms with Crippen LogP contribution in [0.15, 0.2) is 24.3 Å². The highest BCUT2D eigenvalue weighted by atomic mass is 16.5. The Kier molecular flexibility index (Phi) is 49.2. The van der Waals surface area contributed by atoms with Gasteiger partial charge in [-0.3, -0.25) is 72.1 Å². The van der Waals surface area contributed by atoms with Gasteiger partial charge in [0, 0.05) is 75.9 Å². The fourth-order valence-corrected chi connectivity index (χ4v) is 10.4. The van der Waals surface area contributed by atoms with Crippen molar-refractivity contribution in [3.8, 4) is 0 Å². The summed E-state index contributed by atoms with van der Waals surface area (Å²) in [6, 6.07) is 0.124. The first-order chi connectivity index (χ1) is 47.0. The molecule has 3 rings (SSSR count). The summed E-state index contributed by atoms with van der Waals surface area (Å²) in [5.74, 6) is -4.13. The summed E-state index contributed by atoms with van der Waals surface area (Å²) < 4.78 is 11.4. The third-order valence-corrected chi connectivity index (χ3v) is 16.1. The number of nitrogens with zero attached hydrogens (tertiary/aromatic N) is 2. The Morgan fingerprint density at radius 3 is 1.19 bits per heavy atom. The van der Waals surface area contributed by atoms with Gasteiger partial charge in [-0.2, -0.15) is 0 Å². The van der Waals surface area contributed by atoms with Crippen LogP contribution in [-0.4, -0.2) is 180 Å². The van der Waals surface area contributed by atoms with E-state index >= 15 is 0 Å². The molecular formula is C70H123N15O17. The summed E-state index contributed by atoms with van der Waals surface area (Å²) in [6.45, 7) is 21.4. The predicted molar refractivity (Wildman–Crippen MR) is 388 cm³/mol. The number of nitrogens with one attached hydrogen (secondary N) is 10. The largest absolute Gasteiger partial charge is 0.463 e. The molecule has 32 heteroatoms. The fourth-order valence-electron chi connectivity index (χ4n) is 10.4. The smallest absolute Gasteiger partial charge is 0.312 e. The molecule has 32 nitrogen and oxygen atoms in total. The van der Waals surface area contributed by atoms with Crippen molar-refractivity contribution in [2.24, 2.45) is 46.8 Å². The maximum absolute atomic E-state index is 13.3. The first-order valence-electron chi connectivity index (χ1n) is 34.6. The highest BCUT2D eigenvalue weighted by molar-refractivity contribution is 6.04. The number of urea groups is 3. The zero-order valence-corrected chi connectivity index (χ0v) is 59.5. The number of benzene rings is 1. The minimum Gasteiger partial charge on any atom is -0.463 e. The standard InChI is InChI=1S/C30H44N6O8.C23H39N5O6.C14H28N4O3.3CH4/c1-19(2)26(35-24(38)9-5-4-6-15-36-25(39)16-20(3)29(36)42)28(41)34-23(8-7-14-32-30(31)43)27(40)33-22-12-10-21(11-13-22)17-44-18-37;1-14(2)20(21(32)26-17(16(4)29)9-8-11-25-23(24)34)27-18(30)10-6-5-7-12-28-19(31)13-15(3)22(28)33;1-5-16-12(9(2)3)13(20)18-11(10(4)19)7-6-8-17-14(15)21;;;/h10-13,18-20,23,26H,4-9,14-17H2,1-3H3,(H,33,40)(H,34,41)(H,35,38)(H3,31,32,43);14-15,17,20H,5-13H2,1-4H3,(H,26,32)(H,27,30)(H3,24,25,34);9,11-12,16H,5-8H2,1-4H3,(H,18,20)(H3,15,17,21);3*1H4/t20?,23-,26?;15?,17-,20?;11-,12?;;;/m000.../s1/i18D;;;;;. The minimum atomic E-state index is -1.16. The van der Waals surface area contributed by atoms with Crippen LogP contribution < -0.4 is 70.4 Å². The molecule has 2 saturated heterocycles. The quantitative estimate of drug-likeness (QED) is 0.0250. The van der Waals surface area contributed by atoms with Gasteiger partial charge in [0.1, 0.15) is 24.7 Å². The van der Waals surface area contributed by atoms with Crippen molar-refractivity contribution in [3.05, 3.63) is 29.8 Å². The topological polar surface area (TPSA) is 487 Å². The molecule has 2 fully saturated rings. The van der Waals surface area contributed by atoms with Crippen LogP contribution in [0.2, 0.25) is 0 Å². The van der Waals surface area contributed by atoms with E-state index in [0.717, 1.165) is 0 Å². The molecule has 1 aromatic rings. The normalized spacial score (nSPS) is 15.6. The molecule has 0 saturated carbocycles. The number of primary amides is 3. The van der Waals surface area contributed by atoms with Gasteiger partial charge in [-0.15, -0.1) is 0 Å². The number of carbonyl (C=O) groups is 16. The Balaban J connectivity index is -0.00000153. The monoisotopic (exact) mass is 1450 g/mol. The van der Waals surface area contributed by atoms with Gasteiger partial charge >= 0.3 is 18.1 Å². The molecular weight excluding hydrogens is 1320 g/mol. The van der Waals surface area contributed by atoms with E-state index < -0.39 is 72.5 Å². The molecule has 5 unspecified atom stereocenters. The van der Waals surface area contributed by atoms with Crippen molar-refractivity contribution < 1.29 is 82.8 Å². The number of nitrogens with two attached hydrogens (primary N) is 3. The van der Waals surface area contributed by atoms with Crippen molar-refractivity contribution in [2.75, 3.05) is 44.6 Å². The third-order valence-electron chi connectivity index (χ3n) is 16.1. The lowest BCUT2D eigenvalue weighted by molar-refractivity contribution is -0.140. The maximum atomic E-state index is 13.3. The molecule has 0 aliphatic carbocycles. The summed E-state index contributed by atoms with van der Waals surface area (Å²) in [5.41, 5.74) is 16.1. The number of ketones is 2. The van der Waals surface area contributed by atoms with Gasteiger partial charge < -0.3 is 75.1 Å². The van der Waals surface area contributed by atoms with Crippen LogP contribution in [0.3, 0.4) is 0 Å². The molecule has 0 aromatic heterocycles. The predicted octanol–water partition coefficient (Wildman–Crippen LogP) is 3.98. The Morgan fingerprint density at radius 1 is 0.520 bits per heavy atom. The van der Waals surface area contributed by atoms with Crippen molar-refractivity contribution in [3.63, 3.8) is 0 Å². The SMILES string of the molecule is C.C.C.CC(=O)[C@H](CCCNC(N)=O)NC(=O)C(NC(=O)CCCCCN1C(=O)CC(C)C1=O)C(C)C.CCNC(C(=O)N[C@@H](CCCNC(N)=O)C(C)=O)C(C)C.[2H]C(=O)OCc1ccc(NC(=O)[C@H](CCCNC(N)=O)NC(=O)C(NC(=O)CCCCCN2C(=O)CC(C)C2=O)C(C)C)cc1. The number of rotatable bonds is 43. The summed E-state index contributed by atoms with van der Waals surface area (Å²) >= 11 is 0. The molecule has 2 aliphatic heterocycles. The first-order valence-corrected chi connectivity index (χ1v) is 34.1. The average Bonchev–Trinajstić information content (AvgIpc) is 1.76. The number of hydrogen-bond acceptors (Lipinski definition) is 18.